The van der Waals surface area contributed by atoms with Gasteiger partial charge >= 0.3 is 5.97 Å². The van der Waals surface area contributed by atoms with Crippen molar-refractivity contribution in [2.24, 2.45) is 7.05 Å². The highest BCUT2D eigenvalue weighted by Crippen LogP contribution is 2.18. The molecule has 2 N–H and O–H groups in total. The lowest BCUT2D eigenvalue weighted by molar-refractivity contribution is -0.152. The van der Waals surface area contributed by atoms with Gasteiger partial charge in [0.1, 0.15) is 12.2 Å². The van der Waals surface area contributed by atoms with Crippen molar-refractivity contribution in [3.8, 4) is 0 Å². The third-order valence-corrected chi connectivity index (χ3v) is 4.02. The second kappa shape index (κ2) is 8.63. The fraction of sp³-hybridized carbons (Fsp3) is 0.353. The van der Waals surface area contributed by atoms with Gasteiger partial charge in [-0.25, -0.2) is 0 Å². The van der Waals surface area contributed by atoms with Crippen LogP contribution in [0.2, 0.25) is 5.02 Å². The van der Waals surface area contributed by atoms with Crippen LogP contribution in [-0.2, 0) is 21.4 Å². The molecule has 1 atom stereocenters. The molecule has 2 heterocycles. The molecule has 2 amide bonds. The van der Waals surface area contributed by atoms with E-state index in [-0.39, 0.29) is 5.69 Å². The van der Waals surface area contributed by atoms with Crippen molar-refractivity contribution < 1.29 is 19.1 Å². The number of nitrogens with zero attached hydrogens (tertiary/aromatic N) is 3. The van der Waals surface area contributed by atoms with Crippen molar-refractivity contribution in [2.45, 2.75) is 26.9 Å². The van der Waals surface area contributed by atoms with Gasteiger partial charge in [-0.2, -0.15) is 5.10 Å². The highest BCUT2D eigenvalue weighted by molar-refractivity contribution is 6.30. The quantitative estimate of drug-likeness (QED) is 0.716. The zero-order chi connectivity index (χ0) is 20.1. The number of nitrogens with one attached hydrogen (secondary N) is 2. The summed E-state index contributed by atoms with van der Waals surface area (Å²) in [5.41, 5.74) is 2.08. The molecule has 0 aliphatic heterocycles. The molecule has 0 fully saturated rings. The molecule has 2 rings (SSSR count). The zero-order valence-corrected chi connectivity index (χ0v) is 16.1. The molecule has 0 saturated carbocycles. The van der Waals surface area contributed by atoms with Gasteiger partial charge in [-0.1, -0.05) is 11.6 Å². The molecule has 0 aliphatic rings. The maximum atomic E-state index is 12.2. The van der Waals surface area contributed by atoms with Crippen molar-refractivity contribution in [3.63, 3.8) is 0 Å². The first kappa shape index (κ1) is 20.4. The fourth-order valence-electron chi connectivity index (χ4n) is 2.24. The Bertz CT molecular complexity index is 880. The molecule has 0 saturated heterocycles. The largest absolute Gasteiger partial charge is 0.451 e. The lowest BCUT2D eigenvalue weighted by atomic mass is 10.3. The molecule has 0 bridgehead atoms. The Kier molecular flexibility index (Phi) is 6.51. The number of halogens is 1. The summed E-state index contributed by atoms with van der Waals surface area (Å²) in [5, 5.41) is 9.60. The van der Waals surface area contributed by atoms with E-state index in [0.29, 0.717) is 16.4 Å². The number of amides is 2. The maximum Gasteiger partial charge on any atom is 0.326 e. The van der Waals surface area contributed by atoms with Crippen molar-refractivity contribution in [1.82, 2.24) is 20.1 Å². The van der Waals surface area contributed by atoms with Gasteiger partial charge in [0.25, 0.3) is 11.8 Å². The van der Waals surface area contributed by atoms with Gasteiger partial charge in [-0.3, -0.25) is 24.0 Å². The number of esters is 1. The van der Waals surface area contributed by atoms with Crippen LogP contribution in [0.15, 0.2) is 18.3 Å². The third-order valence-electron chi connectivity index (χ3n) is 3.78. The average Bonchev–Trinajstić information content (AvgIpc) is 2.85. The van der Waals surface area contributed by atoms with Crippen molar-refractivity contribution in [1.29, 1.82) is 0 Å². The van der Waals surface area contributed by atoms with Gasteiger partial charge < -0.3 is 15.4 Å². The molecule has 144 valence electrons. The first-order valence-electron chi connectivity index (χ1n) is 8.09. The van der Waals surface area contributed by atoms with Crippen LogP contribution in [0.25, 0.3) is 0 Å². The minimum absolute atomic E-state index is 0.0728. The highest BCUT2D eigenvalue weighted by atomic mass is 35.5. The van der Waals surface area contributed by atoms with Crippen LogP contribution in [0.4, 0.5) is 5.69 Å². The van der Waals surface area contributed by atoms with Crippen LogP contribution in [0.3, 0.4) is 0 Å². The van der Waals surface area contributed by atoms with E-state index in [0.717, 1.165) is 5.69 Å². The van der Waals surface area contributed by atoms with Crippen molar-refractivity contribution in [2.75, 3.05) is 11.9 Å². The number of hydrogen-bond donors (Lipinski definition) is 2. The van der Waals surface area contributed by atoms with Crippen LogP contribution in [-0.4, -0.2) is 45.2 Å². The number of anilines is 1. The normalized spacial score (nSPS) is 11.6. The molecule has 0 unspecified atom stereocenters. The van der Waals surface area contributed by atoms with Gasteiger partial charge in [0, 0.05) is 18.3 Å². The first-order valence-corrected chi connectivity index (χ1v) is 8.47. The summed E-state index contributed by atoms with van der Waals surface area (Å²) in [4.78, 5) is 39.9. The Hall–Kier alpha value is -2.94. The van der Waals surface area contributed by atoms with E-state index in [4.69, 9.17) is 16.3 Å². The minimum Gasteiger partial charge on any atom is -0.451 e. The summed E-state index contributed by atoms with van der Waals surface area (Å²) in [5.74, 6) is -1.83. The predicted octanol–water partition coefficient (Wildman–Crippen LogP) is 1.39. The summed E-state index contributed by atoms with van der Waals surface area (Å²) in [6.07, 6.45) is 0.336. The lowest BCUT2D eigenvalue weighted by Gasteiger charge is -2.14. The number of carbonyl (C=O) groups excluding carboxylic acids is 3. The standard InChI is InChI=1S/C17H20ClN5O4/c1-9-15(10(2)23(4)22-9)21-16(25)11(3)27-14(24)8-20-17(26)13-7-12(18)5-6-19-13/h5-7,11H,8H2,1-4H3,(H,20,26)(H,21,25)/t11-/m0/s1. The predicted molar refractivity (Wildman–Crippen MR) is 98.4 cm³/mol. The lowest BCUT2D eigenvalue weighted by Crippen LogP contribution is -2.36. The van der Waals surface area contributed by atoms with E-state index >= 15 is 0 Å². The molecular formula is C17H20ClN5O4. The number of aromatic nitrogens is 3. The number of aryl methyl sites for hydroxylation is 2. The molecule has 0 radical (unpaired) electrons. The number of rotatable bonds is 6. The second-order valence-corrected chi connectivity index (χ2v) is 6.27. The third kappa shape index (κ3) is 5.27. The molecule has 27 heavy (non-hydrogen) atoms. The van der Waals surface area contributed by atoms with Gasteiger partial charge in [0.2, 0.25) is 0 Å². The number of ether oxygens (including phenoxy) is 1. The van der Waals surface area contributed by atoms with Crippen molar-refractivity contribution in [3.05, 3.63) is 40.4 Å². The molecule has 9 nitrogen and oxygen atoms in total. The molecule has 0 aromatic carbocycles. The SMILES string of the molecule is Cc1nn(C)c(C)c1NC(=O)[C@H](C)OC(=O)CNC(=O)c1cc(Cl)ccn1. The second-order valence-electron chi connectivity index (χ2n) is 5.83. The Morgan fingerprint density at radius 2 is 2.04 bits per heavy atom. The molecule has 2 aromatic rings. The van der Waals surface area contributed by atoms with E-state index in [2.05, 4.69) is 20.7 Å². The Labute approximate surface area is 161 Å². The zero-order valence-electron chi connectivity index (χ0n) is 15.4. The summed E-state index contributed by atoms with van der Waals surface area (Å²) in [6, 6.07) is 2.90. The fourth-order valence-corrected chi connectivity index (χ4v) is 2.40. The Morgan fingerprint density at radius 3 is 2.63 bits per heavy atom. The monoisotopic (exact) mass is 393 g/mol. The number of hydrogen-bond acceptors (Lipinski definition) is 6. The van der Waals surface area contributed by atoms with Gasteiger partial charge in [-0.15, -0.1) is 0 Å². The molecule has 10 heteroatoms. The smallest absolute Gasteiger partial charge is 0.326 e. The topological polar surface area (TPSA) is 115 Å². The Morgan fingerprint density at radius 1 is 1.33 bits per heavy atom. The van der Waals surface area contributed by atoms with E-state index in [1.807, 2.05) is 6.92 Å². The summed E-state index contributed by atoms with van der Waals surface area (Å²) >= 11 is 5.78. The number of pyridine rings is 1. The van der Waals surface area contributed by atoms with Crippen LogP contribution in [0.5, 0.6) is 0 Å². The van der Waals surface area contributed by atoms with Crippen LogP contribution in [0, 0.1) is 13.8 Å². The van der Waals surface area contributed by atoms with Gasteiger partial charge in [-0.05, 0) is 32.9 Å². The molecule has 0 aliphatic carbocycles. The van der Waals surface area contributed by atoms with Crippen molar-refractivity contribution >= 4 is 35.1 Å². The molecule has 2 aromatic heterocycles. The Balaban J connectivity index is 1.85. The van der Waals surface area contributed by atoms with Crippen LogP contribution < -0.4 is 10.6 Å². The molecular weight excluding hydrogens is 374 g/mol. The molecule has 0 spiro atoms. The van der Waals surface area contributed by atoms with Crippen LogP contribution in [0.1, 0.15) is 28.8 Å². The van der Waals surface area contributed by atoms with Gasteiger partial charge in [0.15, 0.2) is 6.10 Å². The average molecular weight is 394 g/mol. The van der Waals surface area contributed by atoms with E-state index < -0.39 is 30.4 Å². The highest BCUT2D eigenvalue weighted by Gasteiger charge is 2.21. The van der Waals surface area contributed by atoms with E-state index in [1.54, 1.807) is 18.7 Å². The summed E-state index contributed by atoms with van der Waals surface area (Å²) in [6.45, 7) is 4.61. The summed E-state index contributed by atoms with van der Waals surface area (Å²) in [7, 11) is 1.76. The number of carbonyl (C=O) groups is 3. The minimum atomic E-state index is -1.04. The van der Waals surface area contributed by atoms with E-state index in [9.17, 15) is 14.4 Å². The van der Waals surface area contributed by atoms with Crippen LogP contribution >= 0.6 is 11.6 Å². The summed E-state index contributed by atoms with van der Waals surface area (Å²) < 4.78 is 6.68. The van der Waals surface area contributed by atoms with Gasteiger partial charge in [0.05, 0.1) is 17.1 Å². The first-order chi connectivity index (χ1) is 12.7. The maximum absolute atomic E-state index is 12.2. The van der Waals surface area contributed by atoms with E-state index in [1.165, 1.54) is 25.3 Å².